The summed E-state index contributed by atoms with van der Waals surface area (Å²) in [5, 5.41) is 0.993. The molecule has 2 aromatic rings. The molecule has 0 aromatic heterocycles. The van der Waals surface area contributed by atoms with Crippen LogP contribution in [0, 0.1) is 0 Å². The summed E-state index contributed by atoms with van der Waals surface area (Å²) >= 11 is 0. The third kappa shape index (κ3) is 3.85. The minimum Gasteiger partial charge on any atom is -0.300 e. The highest BCUT2D eigenvalue weighted by atomic mass is 31.2. The van der Waals surface area contributed by atoms with Gasteiger partial charge in [-0.3, -0.25) is 9.32 Å². The zero-order valence-electron chi connectivity index (χ0n) is 13.1. The number of carbonyl (C=O) groups is 1. The summed E-state index contributed by atoms with van der Waals surface area (Å²) in [5.41, 5.74) is 0.944. The summed E-state index contributed by atoms with van der Waals surface area (Å²) in [4.78, 5) is 11.8. The number of hydrogen-bond donors (Lipinski definition) is 0. The van der Waals surface area contributed by atoms with Gasteiger partial charge in [0.05, 0.1) is 6.61 Å². The van der Waals surface area contributed by atoms with Crippen LogP contribution in [0.4, 0.5) is 0 Å². The van der Waals surface area contributed by atoms with Gasteiger partial charge in [0, 0.05) is 6.42 Å². The number of Topliss-reactive ketones (excluding diaryl/α,β-unsaturated/α-hetero) is 1. The summed E-state index contributed by atoms with van der Waals surface area (Å²) in [5.74, 6) is 0.124. The number of benzene rings is 2. The fraction of sp³-hybridized carbons (Fsp3) is 0.278. The van der Waals surface area contributed by atoms with Gasteiger partial charge in [-0.05, 0) is 31.5 Å². The minimum atomic E-state index is -2.43. The fourth-order valence-corrected chi connectivity index (χ4v) is 5.54. The Morgan fingerprint density at radius 1 is 1.09 bits per heavy atom. The molecular weight excluding hydrogens is 290 g/mol. The zero-order valence-corrected chi connectivity index (χ0v) is 14.0. The molecule has 0 aliphatic heterocycles. The van der Waals surface area contributed by atoms with Gasteiger partial charge in [0.15, 0.2) is 0 Å². The number of rotatable bonds is 7. The molecule has 2 unspecified atom stereocenters. The minimum absolute atomic E-state index is 0.117. The molecule has 112 valence electrons. The number of hydrogen-bond acceptors (Lipinski definition) is 2. The van der Waals surface area contributed by atoms with E-state index < -0.39 is 7.37 Å². The standard InChI is InChI=1S/C18H21BO2P/c1-3-21-22(19,17-12-8-5-9-13-17)18(14-15(2)20)16-10-6-4-7-11-16/h4-13,18H,3,14H2,1-2H3/q+1. The van der Waals surface area contributed by atoms with Crippen LogP contribution < -0.4 is 5.30 Å². The van der Waals surface area contributed by atoms with Crippen molar-refractivity contribution in [2.45, 2.75) is 25.9 Å². The van der Waals surface area contributed by atoms with Gasteiger partial charge in [0.2, 0.25) is 0 Å². The van der Waals surface area contributed by atoms with E-state index in [1.807, 2.05) is 67.6 Å². The van der Waals surface area contributed by atoms with Gasteiger partial charge >= 0.3 is 7.57 Å². The molecule has 0 aliphatic rings. The van der Waals surface area contributed by atoms with Gasteiger partial charge in [-0.2, -0.15) is 0 Å². The summed E-state index contributed by atoms with van der Waals surface area (Å²) in [6.45, 7) is 4.08. The molecule has 0 bridgehead atoms. The van der Waals surface area contributed by atoms with Crippen LogP contribution in [0.1, 0.15) is 31.5 Å². The normalized spacial score (nSPS) is 15.0. The largest absolute Gasteiger partial charge is 0.409 e. The molecule has 0 heterocycles. The molecule has 2 atom stereocenters. The maximum absolute atomic E-state index is 11.8. The molecule has 2 aromatic carbocycles. The summed E-state index contributed by atoms with van der Waals surface area (Å²) in [6.07, 6.45) is 0.392. The van der Waals surface area contributed by atoms with Crippen molar-refractivity contribution in [2.75, 3.05) is 6.61 Å². The number of ketones is 1. The Bertz CT molecular complexity index is 603. The summed E-state index contributed by atoms with van der Waals surface area (Å²) < 4.78 is 6.07. The summed E-state index contributed by atoms with van der Waals surface area (Å²) in [6, 6.07) is 19.9. The van der Waals surface area contributed by atoms with Crippen LogP contribution >= 0.6 is 7.37 Å². The van der Waals surface area contributed by atoms with E-state index in [0.29, 0.717) is 13.0 Å². The molecule has 0 fully saturated rings. The monoisotopic (exact) mass is 311 g/mol. The van der Waals surface area contributed by atoms with Crippen LogP contribution in [-0.2, 0) is 9.32 Å². The Labute approximate surface area is 134 Å². The molecule has 2 radical (unpaired) electrons. The Morgan fingerprint density at radius 3 is 2.14 bits per heavy atom. The van der Waals surface area contributed by atoms with Crippen LogP contribution in [0.2, 0.25) is 0 Å². The van der Waals surface area contributed by atoms with Gasteiger partial charge in [-0.25, -0.2) is 0 Å². The molecule has 0 aliphatic carbocycles. The van der Waals surface area contributed by atoms with Gasteiger partial charge in [0.1, 0.15) is 24.1 Å². The van der Waals surface area contributed by atoms with Crippen LogP contribution in [0.15, 0.2) is 60.7 Å². The topological polar surface area (TPSA) is 26.3 Å². The molecule has 2 nitrogen and oxygen atoms in total. The van der Waals surface area contributed by atoms with Crippen LogP contribution in [-0.4, -0.2) is 20.0 Å². The van der Waals surface area contributed by atoms with Gasteiger partial charge in [-0.1, -0.05) is 48.5 Å². The van der Waals surface area contributed by atoms with E-state index in [0.717, 1.165) is 10.9 Å². The second-order valence-corrected chi connectivity index (χ2v) is 8.11. The van der Waals surface area contributed by atoms with Crippen LogP contribution in [0.3, 0.4) is 0 Å². The lowest BCUT2D eigenvalue weighted by molar-refractivity contribution is -0.117. The molecular formula is C18H21BO2P+. The molecule has 22 heavy (non-hydrogen) atoms. The van der Waals surface area contributed by atoms with Crippen LogP contribution in [0.25, 0.3) is 0 Å². The van der Waals surface area contributed by atoms with Gasteiger partial charge in [-0.15, -0.1) is 0 Å². The van der Waals surface area contributed by atoms with Crippen molar-refractivity contribution in [1.82, 2.24) is 0 Å². The highest BCUT2D eigenvalue weighted by Crippen LogP contribution is 2.67. The molecule has 0 spiro atoms. The molecule has 4 heteroatoms. The lowest BCUT2D eigenvalue weighted by Crippen LogP contribution is -2.22. The second kappa shape index (κ2) is 7.71. The van der Waals surface area contributed by atoms with E-state index in [9.17, 15) is 4.79 Å². The third-order valence-electron chi connectivity index (χ3n) is 3.63. The maximum atomic E-state index is 11.8. The first-order chi connectivity index (χ1) is 10.6. The van der Waals surface area contributed by atoms with Gasteiger partial charge < -0.3 is 0 Å². The van der Waals surface area contributed by atoms with Crippen molar-refractivity contribution in [3.8, 4) is 0 Å². The first-order valence-corrected chi connectivity index (χ1v) is 9.34. The Hall–Kier alpha value is -1.44. The Morgan fingerprint density at radius 2 is 1.64 bits per heavy atom. The predicted octanol–water partition coefficient (Wildman–Crippen LogP) is 4.08. The van der Waals surface area contributed by atoms with Crippen molar-refractivity contribution in [3.05, 3.63) is 66.2 Å². The quantitative estimate of drug-likeness (QED) is 0.569. The predicted molar refractivity (Wildman–Crippen MR) is 94.9 cm³/mol. The zero-order chi connectivity index (χ0) is 16.0. The van der Waals surface area contributed by atoms with E-state index in [-0.39, 0.29) is 11.4 Å². The Kier molecular flexibility index (Phi) is 5.94. The fourth-order valence-electron chi connectivity index (χ4n) is 2.64. The van der Waals surface area contributed by atoms with Crippen molar-refractivity contribution >= 4 is 26.0 Å². The maximum Gasteiger partial charge on any atom is 0.409 e. The smallest absolute Gasteiger partial charge is 0.300 e. The van der Waals surface area contributed by atoms with E-state index in [1.165, 1.54) is 0 Å². The lowest BCUT2D eigenvalue weighted by atomic mass is 10.1. The van der Waals surface area contributed by atoms with Gasteiger partial charge in [0.25, 0.3) is 0 Å². The first-order valence-electron chi connectivity index (χ1n) is 7.49. The highest BCUT2D eigenvalue weighted by molar-refractivity contribution is 7.99. The molecule has 0 N–H and O–H groups in total. The molecule has 0 saturated carbocycles. The van der Waals surface area contributed by atoms with Crippen molar-refractivity contribution in [3.63, 3.8) is 0 Å². The first kappa shape index (κ1) is 16.9. The van der Waals surface area contributed by atoms with Crippen molar-refractivity contribution in [1.29, 1.82) is 0 Å². The second-order valence-electron chi connectivity index (χ2n) is 5.30. The number of carbonyl (C=O) groups excluding carboxylic acids is 1. The van der Waals surface area contributed by atoms with E-state index >= 15 is 0 Å². The summed E-state index contributed by atoms with van der Waals surface area (Å²) in [7, 11) is 4.36. The third-order valence-corrected chi connectivity index (χ3v) is 6.83. The van der Waals surface area contributed by atoms with Crippen molar-refractivity contribution < 1.29 is 9.32 Å². The van der Waals surface area contributed by atoms with Crippen LogP contribution in [0.5, 0.6) is 0 Å². The average molecular weight is 311 g/mol. The highest BCUT2D eigenvalue weighted by Gasteiger charge is 2.46. The van der Waals surface area contributed by atoms with Crippen molar-refractivity contribution in [2.24, 2.45) is 0 Å². The molecule has 0 amide bonds. The Balaban J connectivity index is 2.51. The van der Waals surface area contributed by atoms with E-state index in [4.69, 9.17) is 12.1 Å². The van der Waals surface area contributed by atoms with E-state index in [1.54, 1.807) is 6.92 Å². The lowest BCUT2D eigenvalue weighted by Gasteiger charge is -2.30. The SMILES string of the molecule is [B][P+](OCC)(c1ccccc1)C(CC(C)=O)c1ccccc1. The average Bonchev–Trinajstić information content (AvgIpc) is 2.54. The molecule has 2 rings (SSSR count). The molecule has 0 saturated heterocycles. The van der Waals surface area contributed by atoms with E-state index in [2.05, 4.69) is 0 Å².